The molecule has 1 rings (SSSR count). The zero-order chi connectivity index (χ0) is 11.5. The van der Waals surface area contributed by atoms with Gasteiger partial charge in [-0.3, -0.25) is 0 Å². The van der Waals surface area contributed by atoms with Gasteiger partial charge in [-0.15, -0.1) is 0 Å². The Morgan fingerprint density at radius 3 is 2.12 bits per heavy atom. The number of aromatic hydroxyl groups is 1. The molecule has 0 amide bonds. The number of hydrogen-bond donors (Lipinski definition) is 1. The summed E-state index contributed by atoms with van der Waals surface area (Å²) >= 11 is 0. The van der Waals surface area contributed by atoms with Gasteiger partial charge in [0.05, 0.1) is 0 Å². The van der Waals surface area contributed by atoms with Crippen LogP contribution in [0, 0.1) is 11.3 Å². The normalized spacial score (nSPS) is 11.3. The average Bonchev–Trinajstić information content (AvgIpc) is 2.06. The predicted octanol–water partition coefficient (Wildman–Crippen LogP) is 1.12. The van der Waals surface area contributed by atoms with E-state index in [0.717, 1.165) is 12.3 Å². The summed E-state index contributed by atoms with van der Waals surface area (Å²) in [4.78, 5) is 0. The zero-order valence-electron chi connectivity index (χ0n) is 12.2. The van der Waals surface area contributed by atoms with Gasteiger partial charge in [0.2, 0.25) is 0 Å². The standard InChI is InChI=1S/C14H22O.Na.H/c1-11(2)9-14(3,4)10-12-5-7-13(15)8-6-12;;/h5-8,11,15H,9-10H2,1-4H3;;/q;+1;-1. The fraction of sp³-hybridized carbons (Fsp3) is 0.571. The van der Waals surface area contributed by atoms with Crippen molar-refractivity contribution in [3.05, 3.63) is 29.8 Å². The predicted molar refractivity (Wildman–Crippen MR) is 66.2 cm³/mol. The first-order valence-corrected chi connectivity index (χ1v) is 5.67. The van der Waals surface area contributed by atoms with E-state index in [4.69, 9.17) is 0 Å². The summed E-state index contributed by atoms with van der Waals surface area (Å²) < 4.78 is 0. The Hall–Kier alpha value is 0.0200. The quantitative estimate of drug-likeness (QED) is 0.769. The molecule has 0 radical (unpaired) electrons. The number of rotatable bonds is 4. The second-order valence-electron chi connectivity index (χ2n) is 5.61. The van der Waals surface area contributed by atoms with Gasteiger partial charge in [0.15, 0.2) is 0 Å². The average molecular weight is 230 g/mol. The molecule has 0 aliphatic rings. The first-order valence-electron chi connectivity index (χ1n) is 5.67. The second-order valence-corrected chi connectivity index (χ2v) is 5.61. The van der Waals surface area contributed by atoms with E-state index in [1.165, 1.54) is 12.0 Å². The van der Waals surface area contributed by atoms with Crippen LogP contribution >= 0.6 is 0 Å². The van der Waals surface area contributed by atoms with Crippen molar-refractivity contribution in [3.8, 4) is 5.75 Å². The molecule has 0 aromatic heterocycles. The summed E-state index contributed by atoms with van der Waals surface area (Å²) in [7, 11) is 0. The van der Waals surface area contributed by atoms with Crippen LogP contribution < -0.4 is 29.6 Å². The molecular weight excluding hydrogens is 207 g/mol. The molecule has 1 aromatic rings. The Bertz CT molecular complexity index is 307. The van der Waals surface area contributed by atoms with Crippen molar-refractivity contribution in [1.82, 2.24) is 0 Å². The number of phenolic OH excluding ortho intramolecular Hbond substituents is 1. The minimum absolute atomic E-state index is 0. The van der Waals surface area contributed by atoms with Crippen LogP contribution in [-0.4, -0.2) is 5.11 Å². The van der Waals surface area contributed by atoms with Crippen LogP contribution in [0.2, 0.25) is 0 Å². The van der Waals surface area contributed by atoms with E-state index in [2.05, 4.69) is 27.7 Å². The molecule has 0 saturated carbocycles. The van der Waals surface area contributed by atoms with E-state index >= 15 is 0 Å². The Kier molecular flexibility index (Phi) is 6.69. The molecule has 2 heteroatoms. The Morgan fingerprint density at radius 2 is 1.69 bits per heavy atom. The van der Waals surface area contributed by atoms with Crippen molar-refractivity contribution in [2.24, 2.45) is 11.3 Å². The van der Waals surface area contributed by atoms with Crippen LogP contribution in [0.15, 0.2) is 24.3 Å². The van der Waals surface area contributed by atoms with Gasteiger partial charge in [-0.1, -0.05) is 39.8 Å². The van der Waals surface area contributed by atoms with Crippen molar-refractivity contribution >= 4 is 0 Å². The van der Waals surface area contributed by atoms with Gasteiger partial charge in [-0.25, -0.2) is 0 Å². The molecule has 1 nitrogen and oxygen atoms in total. The van der Waals surface area contributed by atoms with Crippen LogP contribution in [-0.2, 0) is 6.42 Å². The summed E-state index contributed by atoms with van der Waals surface area (Å²) in [5.74, 6) is 1.08. The fourth-order valence-electron chi connectivity index (χ4n) is 2.34. The van der Waals surface area contributed by atoms with Crippen LogP contribution in [0.5, 0.6) is 5.75 Å². The molecule has 0 fully saturated rings. The maximum atomic E-state index is 9.20. The largest absolute Gasteiger partial charge is 1.00 e. The molecule has 0 heterocycles. The summed E-state index contributed by atoms with van der Waals surface area (Å²) in [6.07, 6.45) is 2.30. The maximum absolute atomic E-state index is 9.20. The van der Waals surface area contributed by atoms with Gasteiger partial charge >= 0.3 is 29.6 Å². The smallest absolute Gasteiger partial charge is 1.00 e. The van der Waals surface area contributed by atoms with Crippen LogP contribution in [0.3, 0.4) is 0 Å². The molecule has 0 bridgehead atoms. The van der Waals surface area contributed by atoms with E-state index in [1.54, 1.807) is 12.1 Å². The third-order valence-electron chi connectivity index (χ3n) is 2.58. The SMILES string of the molecule is CC(C)CC(C)(C)Cc1ccc(O)cc1.[H-].[Na+]. The van der Waals surface area contributed by atoms with E-state index in [9.17, 15) is 5.11 Å². The zero-order valence-corrected chi connectivity index (χ0v) is 13.2. The van der Waals surface area contributed by atoms with E-state index < -0.39 is 0 Å². The monoisotopic (exact) mass is 230 g/mol. The van der Waals surface area contributed by atoms with Crippen LogP contribution in [0.25, 0.3) is 0 Å². The van der Waals surface area contributed by atoms with E-state index in [1.807, 2.05) is 12.1 Å². The third-order valence-corrected chi connectivity index (χ3v) is 2.58. The van der Waals surface area contributed by atoms with Crippen molar-refractivity contribution in [2.75, 3.05) is 0 Å². The first kappa shape index (κ1) is 16.0. The third kappa shape index (κ3) is 5.93. The van der Waals surface area contributed by atoms with Gasteiger partial charge in [-0.2, -0.15) is 0 Å². The number of phenols is 1. The molecule has 0 unspecified atom stereocenters. The molecule has 0 aliphatic heterocycles. The molecule has 0 atom stereocenters. The molecule has 0 saturated heterocycles. The van der Waals surface area contributed by atoms with E-state index in [-0.39, 0.29) is 31.0 Å². The molecule has 16 heavy (non-hydrogen) atoms. The van der Waals surface area contributed by atoms with Gasteiger partial charge in [0.25, 0.3) is 0 Å². The second kappa shape index (κ2) is 6.68. The fourth-order valence-corrected chi connectivity index (χ4v) is 2.34. The van der Waals surface area contributed by atoms with Gasteiger partial charge in [0.1, 0.15) is 5.75 Å². The minimum atomic E-state index is 0. The summed E-state index contributed by atoms with van der Waals surface area (Å²) in [6, 6.07) is 7.55. The van der Waals surface area contributed by atoms with Crippen LogP contribution in [0.4, 0.5) is 0 Å². The Labute approximate surface area is 123 Å². The van der Waals surface area contributed by atoms with Crippen molar-refractivity contribution in [1.29, 1.82) is 0 Å². The molecular formula is C14H23NaO. The topological polar surface area (TPSA) is 20.2 Å². The maximum Gasteiger partial charge on any atom is 1.00 e. The number of benzene rings is 1. The van der Waals surface area contributed by atoms with E-state index in [0.29, 0.717) is 11.2 Å². The van der Waals surface area contributed by atoms with Gasteiger partial charge in [0, 0.05) is 0 Å². The molecule has 0 spiro atoms. The first-order chi connectivity index (χ1) is 6.89. The number of hydrogen-bond acceptors (Lipinski definition) is 1. The summed E-state index contributed by atoms with van der Waals surface area (Å²) in [6.45, 7) is 9.14. The summed E-state index contributed by atoms with van der Waals surface area (Å²) in [5, 5.41) is 9.20. The minimum Gasteiger partial charge on any atom is -1.00 e. The molecule has 86 valence electrons. The van der Waals surface area contributed by atoms with Crippen molar-refractivity contribution in [3.63, 3.8) is 0 Å². The Balaban J connectivity index is 0. The Morgan fingerprint density at radius 1 is 1.19 bits per heavy atom. The molecule has 1 aromatic carbocycles. The van der Waals surface area contributed by atoms with Crippen molar-refractivity contribution < 1.29 is 36.1 Å². The van der Waals surface area contributed by atoms with Gasteiger partial charge < -0.3 is 6.53 Å². The van der Waals surface area contributed by atoms with Crippen molar-refractivity contribution in [2.45, 2.75) is 40.5 Å². The van der Waals surface area contributed by atoms with Gasteiger partial charge in [-0.05, 0) is 41.9 Å². The molecule has 1 N–H and O–H groups in total. The molecule has 0 aliphatic carbocycles. The van der Waals surface area contributed by atoms with Crippen LogP contribution in [0.1, 0.15) is 41.1 Å². The summed E-state index contributed by atoms with van der Waals surface area (Å²) in [5.41, 5.74) is 1.64.